The normalized spacial score (nSPS) is 15.4. The first-order chi connectivity index (χ1) is 13.7. The van der Waals surface area contributed by atoms with Crippen LogP contribution in [0.5, 0.6) is 11.5 Å². The maximum atomic E-state index is 14.9. The summed E-state index contributed by atoms with van der Waals surface area (Å²) in [6.07, 6.45) is -3.75. The SMILES string of the molecule is Cc1cc2c(cc1-c1ccc(C(N)c3c(C)cccc3F)cc1F)OC(F)(F)O2. The highest BCUT2D eigenvalue weighted by Gasteiger charge is 2.43. The second-order valence-electron chi connectivity index (χ2n) is 6.97. The third-order valence-electron chi connectivity index (χ3n) is 4.97. The van der Waals surface area contributed by atoms with Gasteiger partial charge in [0.25, 0.3) is 0 Å². The Labute approximate surface area is 164 Å². The van der Waals surface area contributed by atoms with Gasteiger partial charge in [0, 0.05) is 11.1 Å². The lowest BCUT2D eigenvalue weighted by molar-refractivity contribution is -0.286. The zero-order valence-electron chi connectivity index (χ0n) is 15.6. The smallest absolute Gasteiger partial charge is 0.395 e. The van der Waals surface area contributed by atoms with Gasteiger partial charge in [-0.05, 0) is 60.4 Å². The molecular formula is C22H17F4NO2. The van der Waals surface area contributed by atoms with Crippen LogP contribution in [0.4, 0.5) is 17.6 Å². The van der Waals surface area contributed by atoms with Gasteiger partial charge in [0.15, 0.2) is 11.5 Å². The summed E-state index contributed by atoms with van der Waals surface area (Å²) in [6.45, 7) is 3.38. The van der Waals surface area contributed by atoms with Crippen LogP contribution in [-0.4, -0.2) is 6.29 Å². The Kier molecular flexibility index (Phi) is 4.50. The monoisotopic (exact) mass is 403 g/mol. The van der Waals surface area contributed by atoms with Crippen molar-refractivity contribution in [3.63, 3.8) is 0 Å². The van der Waals surface area contributed by atoms with E-state index in [2.05, 4.69) is 9.47 Å². The van der Waals surface area contributed by atoms with Gasteiger partial charge >= 0.3 is 6.29 Å². The molecule has 4 rings (SSSR count). The maximum Gasteiger partial charge on any atom is 0.586 e. The Morgan fingerprint density at radius 3 is 2.17 bits per heavy atom. The fraction of sp³-hybridized carbons (Fsp3) is 0.182. The number of benzene rings is 3. The highest BCUT2D eigenvalue weighted by Crippen LogP contribution is 2.45. The topological polar surface area (TPSA) is 44.5 Å². The van der Waals surface area contributed by atoms with Crippen LogP contribution in [0.2, 0.25) is 0 Å². The third-order valence-corrected chi connectivity index (χ3v) is 4.97. The van der Waals surface area contributed by atoms with Crippen LogP contribution < -0.4 is 15.2 Å². The molecule has 3 nitrogen and oxygen atoms in total. The van der Waals surface area contributed by atoms with Crippen molar-refractivity contribution >= 4 is 0 Å². The standard InChI is InChI=1S/C22H17F4NO2/c1-11-4-3-5-16(23)20(11)21(27)13-6-7-14(17(24)9-13)15-10-19-18(8-12(15)2)28-22(25,26)29-19/h3-10,21H,27H2,1-2H3. The molecule has 1 atom stereocenters. The number of aryl methyl sites for hydroxylation is 2. The van der Waals surface area contributed by atoms with Gasteiger partial charge in [0.05, 0.1) is 6.04 Å². The van der Waals surface area contributed by atoms with Crippen molar-refractivity contribution in [1.82, 2.24) is 0 Å². The summed E-state index contributed by atoms with van der Waals surface area (Å²) < 4.78 is 64.6. The van der Waals surface area contributed by atoms with E-state index in [1.54, 1.807) is 32.0 Å². The quantitative estimate of drug-likeness (QED) is 0.578. The first kappa shape index (κ1) is 19.3. The van der Waals surface area contributed by atoms with Crippen molar-refractivity contribution in [2.45, 2.75) is 26.2 Å². The largest absolute Gasteiger partial charge is 0.586 e. The van der Waals surface area contributed by atoms with Gasteiger partial charge in [-0.3, -0.25) is 0 Å². The van der Waals surface area contributed by atoms with Crippen molar-refractivity contribution < 1.29 is 27.0 Å². The molecule has 0 radical (unpaired) electrons. The molecule has 0 saturated heterocycles. The van der Waals surface area contributed by atoms with Gasteiger partial charge in [-0.25, -0.2) is 8.78 Å². The minimum Gasteiger partial charge on any atom is -0.395 e. The number of ether oxygens (including phenoxy) is 2. The molecule has 2 N–H and O–H groups in total. The van der Waals surface area contributed by atoms with Crippen LogP contribution in [0.15, 0.2) is 48.5 Å². The molecule has 0 spiro atoms. The average molecular weight is 403 g/mol. The lowest BCUT2D eigenvalue weighted by Crippen LogP contribution is -2.25. The minimum atomic E-state index is -3.75. The molecule has 3 aromatic carbocycles. The summed E-state index contributed by atoms with van der Waals surface area (Å²) in [6, 6.07) is 10.7. The predicted octanol–water partition coefficient (Wildman–Crippen LogP) is 5.62. The van der Waals surface area contributed by atoms with Crippen molar-refractivity contribution in [3.05, 3.63) is 82.4 Å². The second kappa shape index (κ2) is 6.77. The predicted molar refractivity (Wildman–Crippen MR) is 99.9 cm³/mol. The van der Waals surface area contributed by atoms with Crippen LogP contribution in [0.25, 0.3) is 11.1 Å². The summed E-state index contributed by atoms with van der Waals surface area (Å²) >= 11 is 0. The highest BCUT2D eigenvalue weighted by atomic mass is 19.3. The van der Waals surface area contributed by atoms with E-state index in [-0.39, 0.29) is 17.1 Å². The van der Waals surface area contributed by atoms with Crippen molar-refractivity contribution in [3.8, 4) is 22.6 Å². The number of nitrogens with two attached hydrogens (primary N) is 1. The highest BCUT2D eigenvalue weighted by molar-refractivity contribution is 5.72. The van der Waals surface area contributed by atoms with Crippen LogP contribution in [-0.2, 0) is 0 Å². The number of rotatable bonds is 3. The molecule has 1 aliphatic heterocycles. The van der Waals surface area contributed by atoms with Crippen LogP contribution >= 0.6 is 0 Å². The molecular weight excluding hydrogens is 386 g/mol. The van der Waals surface area contributed by atoms with E-state index >= 15 is 0 Å². The first-order valence-corrected chi connectivity index (χ1v) is 8.87. The molecule has 0 saturated carbocycles. The first-order valence-electron chi connectivity index (χ1n) is 8.87. The molecule has 1 aliphatic rings. The van der Waals surface area contributed by atoms with E-state index < -0.39 is 24.0 Å². The van der Waals surface area contributed by atoms with E-state index in [0.29, 0.717) is 27.8 Å². The fourth-order valence-corrected chi connectivity index (χ4v) is 3.54. The van der Waals surface area contributed by atoms with E-state index in [4.69, 9.17) is 5.73 Å². The molecule has 0 aromatic heterocycles. The molecule has 7 heteroatoms. The number of alkyl halides is 2. The Morgan fingerprint density at radius 2 is 1.52 bits per heavy atom. The Balaban J connectivity index is 1.72. The molecule has 29 heavy (non-hydrogen) atoms. The summed E-state index contributed by atoms with van der Waals surface area (Å²) in [5.74, 6) is -1.35. The van der Waals surface area contributed by atoms with Gasteiger partial charge in [0.1, 0.15) is 11.6 Å². The number of fused-ring (bicyclic) bond motifs is 1. The number of hydrogen-bond acceptors (Lipinski definition) is 3. The molecule has 150 valence electrons. The van der Waals surface area contributed by atoms with E-state index in [1.807, 2.05) is 0 Å². The zero-order valence-corrected chi connectivity index (χ0v) is 15.6. The number of halogens is 4. The molecule has 0 fully saturated rings. The van der Waals surface area contributed by atoms with Gasteiger partial charge in [-0.1, -0.05) is 24.3 Å². The van der Waals surface area contributed by atoms with Crippen LogP contribution in [0.3, 0.4) is 0 Å². The summed E-state index contributed by atoms with van der Waals surface area (Å²) in [4.78, 5) is 0. The zero-order chi connectivity index (χ0) is 20.9. The Bertz CT molecular complexity index is 1090. The Morgan fingerprint density at radius 1 is 0.828 bits per heavy atom. The second-order valence-corrected chi connectivity index (χ2v) is 6.97. The van der Waals surface area contributed by atoms with Crippen molar-refractivity contribution in [2.75, 3.05) is 0 Å². The lowest BCUT2D eigenvalue weighted by atomic mass is 9.92. The minimum absolute atomic E-state index is 0.106. The van der Waals surface area contributed by atoms with Gasteiger partial charge in [-0.15, -0.1) is 8.78 Å². The van der Waals surface area contributed by atoms with E-state index in [9.17, 15) is 17.6 Å². The van der Waals surface area contributed by atoms with E-state index in [0.717, 1.165) is 0 Å². The molecule has 0 amide bonds. The third kappa shape index (κ3) is 3.42. The lowest BCUT2D eigenvalue weighted by Gasteiger charge is -2.17. The van der Waals surface area contributed by atoms with Crippen LogP contribution in [0, 0.1) is 25.5 Å². The van der Waals surface area contributed by atoms with Crippen molar-refractivity contribution in [2.24, 2.45) is 5.73 Å². The molecule has 0 aliphatic carbocycles. The number of hydrogen-bond donors (Lipinski definition) is 1. The van der Waals surface area contributed by atoms with Gasteiger partial charge in [-0.2, -0.15) is 0 Å². The van der Waals surface area contributed by atoms with Crippen molar-refractivity contribution in [1.29, 1.82) is 0 Å². The van der Waals surface area contributed by atoms with E-state index in [1.165, 1.54) is 30.3 Å². The fourth-order valence-electron chi connectivity index (χ4n) is 3.54. The maximum absolute atomic E-state index is 14.9. The molecule has 3 aromatic rings. The van der Waals surface area contributed by atoms with Crippen LogP contribution in [0.1, 0.15) is 28.3 Å². The van der Waals surface area contributed by atoms with Gasteiger partial charge in [0.2, 0.25) is 0 Å². The summed E-state index contributed by atoms with van der Waals surface area (Å²) in [7, 11) is 0. The molecule has 0 bridgehead atoms. The average Bonchev–Trinajstić information content (AvgIpc) is 2.93. The van der Waals surface area contributed by atoms with Gasteiger partial charge < -0.3 is 15.2 Å². The summed E-state index contributed by atoms with van der Waals surface area (Å²) in [5.41, 5.74) is 8.63. The molecule has 1 unspecified atom stereocenters. The summed E-state index contributed by atoms with van der Waals surface area (Å²) in [5, 5.41) is 0. The molecule has 1 heterocycles. The Hall–Kier alpha value is -3.06.